The van der Waals surface area contributed by atoms with Gasteiger partial charge in [-0.1, -0.05) is 13.8 Å². The number of carbonyl (C=O) groups is 2. The molecule has 0 aliphatic carbocycles. The molecule has 2 heterocycles. The summed E-state index contributed by atoms with van der Waals surface area (Å²) in [6, 6.07) is 3.43. The summed E-state index contributed by atoms with van der Waals surface area (Å²) in [7, 11) is 0. The van der Waals surface area contributed by atoms with E-state index in [-0.39, 0.29) is 18.2 Å². The van der Waals surface area contributed by atoms with E-state index < -0.39 is 6.04 Å². The molecular formula is C18H29N3O3. The Morgan fingerprint density at radius 3 is 2.62 bits per heavy atom. The number of carbonyl (C=O) groups excluding carboxylic acids is 2. The van der Waals surface area contributed by atoms with Gasteiger partial charge in [-0.15, -0.1) is 0 Å². The lowest BCUT2D eigenvalue weighted by atomic mass is 10.1. The van der Waals surface area contributed by atoms with Crippen molar-refractivity contribution in [2.45, 2.75) is 52.6 Å². The molecule has 1 unspecified atom stereocenters. The van der Waals surface area contributed by atoms with Crippen LogP contribution in [0.4, 0.5) is 0 Å². The Hall–Kier alpha value is -1.82. The van der Waals surface area contributed by atoms with Crippen molar-refractivity contribution in [1.29, 1.82) is 0 Å². The van der Waals surface area contributed by atoms with Crippen LogP contribution in [0, 0.1) is 6.92 Å². The second-order valence-corrected chi connectivity index (χ2v) is 6.37. The zero-order chi connectivity index (χ0) is 17.5. The van der Waals surface area contributed by atoms with E-state index in [2.05, 4.69) is 19.2 Å². The highest BCUT2D eigenvalue weighted by atomic mass is 16.3. The molecule has 134 valence electrons. The molecule has 6 nitrogen and oxygen atoms in total. The predicted octanol–water partition coefficient (Wildman–Crippen LogP) is 1.93. The van der Waals surface area contributed by atoms with Gasteiger partial charge in [0.1, 0.15) is 11.5 Å². The van der Waals surface area contributed by atoms with Crippen LogP contribution >= 0.6 is 0 Å². The first-order valence-corrected chi connectivity index (χ1v) is 8.90. The van der Waals surface area contributed by atoms with Crippen molar-refractivity contribution in [3.05, 3.63) is 23.7 Å². The standard InChI is InChI=1S/C18H29N3O3/c1-4-9-20(10-5-2)17(22)12-16-18(23)19-8-11-21(16)13-15-7-6-14(3)24-15/h6-7,16H,4-5,8-13H2,1-3H3,(H,19,23). The van der Waals surface area contributed by atoms with E-state index in [1.165, 1.54) is 0 Å². The van der Waals surface area contributed by atoms with Crippen LogP contribution in [-0.2, 0) is 16.1 Å². The number of hydrogen-bond acceptors (Lipinski definition) is 4. The van der Waals surface area contributed by atoms with Gasteiger partial charge in [0, 0.05) is 26.2 Å². The molecule has 1 aromatic heterocycles. The molecule has 1 atom stereocenters. The molecule has 1 saturated heterocycles. The first-order valence-electron chi connectivity index (χ1n) is 8.90. The average molecular weight is 335 g/mol. The van der Waals surface area contributed by atoms with E-state index in [1.54, 1.807) is 0 Å². The minimum Gasteiger partial charge on any atom is -0.465 e. The van der Waals surface area contributed by atoms with Crippen LogP contribution in [0.15, 0.2) is 16.5 Å². The van der Waals surface area contributed by atoms with Crippen LogP contribution < -0.4 is 5.32 Å². The lowest BCUT2D eigenvalue weighted by Gasteiger charge is -2.35. The maximum absolute atomic E-state index is 12.6. The molecule has 0 spiro atoms. The molecule has 1 aliphatic rings. The number of amides is 2. The summed E-state index contributed by atoms with van der Waals surface area (Å²) in [6.07, 6.45) is 2.08. The quantitative estimate of drug-likeness (QED) is 0.788. The van der Waals surface area contributed by atoms with Crippen LogP contribution in [0.2, 0.25) is 0 Å². The minimum atomic E-state index is -0.423. The molecule has 1 aromatic rings. The van der Waals surface area contributed by atoms with Crippen molar-refractivity contribution in [2.75, 3.05) is 26.2 Å². The number of nitrogens with zero attached hydrogens (tertiary/aromatic N) is 2. The molecule has 1 N–H and O–H groups in total. The molecule has 2 rings (SSSR count). The van der Waals surface area contributed by atoms with Crippen LogP contribution in [-0.4, -0.2) is 53.8 Å². The maximum atomic E-state index is 12.6. The third-order valence-electron chi connectivity index (χ3n) is 4.30. The Morgan fingerprint density at radius 1 is 1.33 bits per heavy atom. The van der Waals surface area contributed by atoms with Gasteiger partial charge in [-0.05, 0) is 31.9 Å². The molecular weight excluding hydrogens is 306 g/mol. The molecule has 0 bridgehead atoms. The normalized spacial score (nSPS) is 18.5. The number of nitrogens with one attached hydrogen (secondary N) is 1. The smallest absolute Gasteiger partial charge is 0.237 e. The van der Waals surface area contributed by atoms with Crippen molar-refractivity contribution in [2.24, 2.45) is 0 Å². The zero-order valence-corrected chi connectivity index (χ0v) is 15.0. The predicted molar refractivity (Wildman–Crippen MR) is 92.4 cm³/mol. The summed E-state index contributed by atoms with van der Waals surface area (Å²) in [6.45, 7) is 9.42. The lowest BCUT2D eigenvalue weighted by Crippen LogP contribution is -2.56. The van der Waals surface area contributed by atoms with Gasteiger partial charge in [0.05, 0.1) is 19.0 Å². The van der Waals surface area contributed by atoms with Gasteiger partial charge < -0.3 is 14.6 Å². The highest BCUT2D eigenvalue weighted by Gasteiger charge is 2.33. The molecule has 24 heavy (non-hydrogen) atoms. The van der Waals surface area contributed by atoms with Crippen LogP contribution in [0.25, 0.3) is 0 Å². The van der Waals surface area contributed by atoms with Crippen molar-refractivity contribution in [3.8, 4) is 0 Å². The number of furan rings is 1. The fraction of sp³-hybridized carbons (Fsp3) is 0.667. The molecule has 0 saturated carbocycles. The Kier molecular flexibility index (Phi) is 6.85. The largest absolute Gasteiger partial charge is 0.465 e. The number of aryl methyl sites for hydroxylation is 1. The van der Waals surface area contributed by atoms with Crippen LogP contribution in [0.3, 0.4) is 0 Å². The van der Waals surface area contributed by atoms with E-state index in [0.29, 0.717) is 13.1 Å². The second-order valence-electron chi connectivity index (χ2n) is 6.37. The van der Waals surface area contributed by atoms with Crippen LogP contribution in [0.5, 0.6) is 0 Å². The van der Waals surface area contributed by atoms with Gasteiger partial charge in [0.25, 0.3) is 0 Å². The summed E-state index contributed by atoms with van der Waals surface area (Å²) in [5.41, 5.74) is 0. The Bertz CT molecular complexity index is 549. The Labute approximate surface area is 144 Å². The third kappa shape index (κ3) is 4.84. The zero-order valence-electron chi connectivity index (χ0n) is 15.0. The van der Waals surface area contributed by atoms with E-state index in [0.717, 1.165) is 44.0 Å². The summed E-state index contributed by atoms with van der Waals surface area (Å²) >= 11 is 0. The van der Waals surface area contributed by atoms with Gasteiger partial charge in [-0.2, -0.15) is 0 Å². The maximum Gasteiger partial charge on any atom is 0.237 e. The summed E-state index contributed by atoms with van der Waals surface area (Å²) in [5, 5.41) is 2.88. The summed E-state index contributed by atoms with van der Waals surface area (Å²) in [5.74, 6) is 1.68. The number of hydrogen-bond donors (Lipinski definition) is 1. The van der Waals surface area contributed by atoms with Crippen molar-refractivity contribution >= 4 is 11.8 Å². The second kappa shape index (κ2) is 8.87. The van der Waals surface area contributed by atoms with Gasteiger partial charge >= 0.3 is 0 Å². The topological polar surface area (TPSA) is 65.8 Å². The van der Waals surface area contributed by atoms with E-state index in [9.17, 15) is 9.59 Å². The summed E-state index contributed by atoms with van der Waals surface area (Å²) in [4.78, 5) is 28.9. The first kappa shape index (κ1) is 18.5. The fourth-order valence-corrected chi connectivity index (χ4v) is 3.14. The first-order chi connectivity index (χ1) is 11.5. The number of piperazine rings is 1. The van der Waals surface area contributed by atoms with Crippen molar-refractivity contribution < 1.29 is 14.0 Å². The Balaban J connectivity index is 2.04. The molecule has 6 heteroatoms. The van der Waals surface area contributed by atoms with Gasteiger partial charge in [-0.25, -0.2) is 0 Å². The van der Waals surface area contributed by atoms with Gasteiger partial charge in [-0.3, -0.25) is 14.5 Å². The Morgan fingerprint density at radius 2 is 2.04 bits per heavy atom. The average Bonchev–Trinajstić information content (AvgIpc) is 2.95. The highest BCUT2D eigenvalue weighted by Crippen LogP contribution is 2.17. The SMILES string of the molecule is CCCN(CCC)C(=O)CC1C(=O)NCCN1Cc1ccc(C)o1. The minimum absolute atomic E-state index is 0.0568. The third-order valence-corrected chi connectivity index (χ3v) is 4.30. The van der Waals surface area contributed by atoms with E-state index in [1.807, 2.05) is 28.9 Å². The van der Waals surface area contributed by atoms with Crippen LogP contribution in [0.1, 0.15) is 44.6 Å². The van der Waals surface area contributed by atoms with E-state index >= 15 is 0 Å². The molecule has 0 aromatic carbocycles. The monoisotopic (exact) mass is 335 g/mol. The lowest BCUT2D eigenvalue weighted by molar-refractivity contribution is -0.139. The molecule has 1 fully saturated rings. The molecule has 0 radical (unpaired) electrons. The van der Waals surface area contributed by atoms with E-state index in [4.69, 9.17) is 4.42 Å². The molecule has 2 amide bonds. The van der Waals surface area contributed by atoms with Crippen molar-refractivity contribution in [3.63, 3.8) is 0 Å². The number of rotatable bonds is 8. The fourth-order valence-electron chi connectivity index (χ4n) is 3.14. The highest BCUT2D eigenvalue weighted by molar-refractivity contribution is 5.88. The van der Waals surface area contributed by atoms with Gasteiger partial charge in [0.2, 0.25) is 11.8 Å². The molecule has 1 aliphatic heterocycles. The summed E-state index contributed by atoms with van der Waals surface area (Å²) < 4.78 is 5.63. The van der Waals surface area contributed by atoms with Crippen molar-refractivity contribution in [1.82, 2.24) is 15.1 Å². The van der Waals surface area contributed by atoms with Gasteiger partial charge in [0.15, 0.2) is 0 Å².